The van der Waals surface area contributed by atoms with Crippen molar-refractivity contribution in [3.05, 3.63) is 64.0 Å². The molecule has 3 aromatic rings. The highest BCUT2D eigenvalue weighted by atomic mass is 32.1. The Kier molecular flexibility index (Phi) is 4.07. The van der Waals surface area contributed by atoms with E-state index in [9.17, 15) is 4.39 Å². The van der Waals surface area contributed by atoms with Crippen molar-refractivity contribution in [1.82, 2.24) is 4.68 Å². The molecule has 0 bridgehead atoms. The number of aromatic nitrogens is 1. The van der Waals surface area contributed by atoms with E-state index in [1.54, 1.807) is 30.1 Å². The summed E-state index contributed by atoms with van der Waals surface area (Å²) in [7, 11) is 1.72. The summed E-state index contributed by atoms with van der Waals surface area (Å²) in [4.78, 5) is 5.00. The van der Waals surface area contributed by atoms with Crippen LogP contribution in [0.1, 0.15) is 5.56 Å². The molecular formula is C18H14FN3O2S. The van der Waals surface area contributed by atoms with E-state index < -0.39 is 0 Å². The number of hydrogen-bond donors (Lipinski definition) is 0. The van der Waals surface area contributed by atoms with Gasteiger partial charge in [0.15, 0.2) is 11.5 Å². The zero-order valence-corrected chi connectivity index (χ0v) is 14.2. The van der Waals surface area contributed by atoms with E-state index in [-0.39, 0.29) is 12.6 Å². The Hall–Kier alpha value is -2.93. The Labute approximate surface area is 147 Å². The molecular weight excluding hydrogens is 341 g/mol. The molecule has 1 aliphatic rings. The molecule has 0 radical (unpaired) electrons. The van der Waals surface area contributed by atoms with Gasteiger partial charge in [-0.3, -0.25) is 4.99 Å². The summed E-state index contributed by atoms with van der Waals surface area (Å²) in [6.45, 7) is 0.239. The smallest absolute Gasteiger partial charge is 0.231 e. The summed E-state index contributed by atoms with van der Waals surface area (Å²) in [5.74, 6) is 1.17. The van der Waals surface area contributed by atoms with Gasteiger partial charge in [0.05, 0.1) is 11.9 Å². The van der Waals surface area contributed by atoms with Gasteiger partial charge in [-0.2, -0.15) is 5.10 Å². The molecule has 0 aliphatic carbocycles. The lowest BCUT2D eigenvalue weighted by Gasteiger charge is -2.03. The Bertz CT molecular complexity index is 1010. The molecule has 2 heterocycles. The van der Waals surface area contributed by atoms with Crippen LogP contribution in [0.3, 0.4) is 0 Å². The quantitative estimate of drug-likeness (QED) is 0.675. The topological polar surface area (TPSA) is 48.1 Å². The van der Waals surface area contributed by atoms with Crippen LogP contribution in [0.2, 0.25) is 0 Å². The van der Waals surface area contributed by atoms with Crippen LogP contribution in [0.25, 0.3) is 11.3 Å². The van der Waals surface area contributed by atoms with Crippen LogP contribution in [0.4, 0.5) is 4.39 Å². The summed E-state index contributed by atoms with van der Waals surface area (Å²) in [6, 6.07) is 12.0. The summed E-state index contributed by atoms with van der Waals surface area (Å²) in [6.07, 6.45) is 1.73. The van der Waals surface area contributed by atoms with E-state index in [0.717, 1.165) is 27.4 Å². The molecule has 0 fully saturated rings. The van der Waals surface area contributed by atoms with E-state index >= 15 is 0 Å². The van der Waals surface area contributed by atoms with Crippen molar-refractivity contribution in [2.45, 2.75) is 0 Å². The molecule has 126 valence electrons. The number of thiazole rings is 1. The molecule has 0 saturated heterocycles. The first-order valence-electron chi connectivity index (χ1n) is 7.58. The van der Waals surface area contributed by atoms with Crippen LogP contribution < -0.4 is 14.3 Å². The van der Waals surface area contributed by atoms with Crippen molar-refractivity contribution in [2.24, 2.45) is 10.1 Å². The van der Waals surface area contributed by atoms with Crippen molar-refractivity contribution in [3.63, 3.8) is 0 Å². The monoisotopic (exact) mass is 355 g/mol. The van der Waals surface area contributed by atoms with E-state index in [2.05, 4.69) is 10.1 Å². The number of halogens is 1. The molecule has 0 N–H and O–H groups in total. The number of fused-ring (bicyclic) bond motifs is 1. The fourth-order valence-corrected chi connectivity index (χ4v) is 3.30. The van der Waals surface area contributed by atoms with Gasteiger partial charge in [-0.15, -0.1) is 11.3 Å². The highest BCUT2D eigenvalue weighted by Gasteiger charge is 2.13. The first-order chi connectivity index (χ1) is 12.2. The van der Waals surface area contributed by atoms with Gasteiger partial charge in [0.1, 0.15) is 5.82 Å². The van der Waals surface area contributed by atoms with Gasteiger partial charge < -0.3 is 9.47 Å². The SMILES string of the molecule is CN=c1scc(-c2ccc(F)cc2)n1/N=C\c1ccc2c(c1)OCO2. The fraction of sp³-hybridized carbons (Fsp3) is 0.111. The van der Waals surface area contributed by atoms with E-state index in [0.29, 0.717) is 5.75 Å². The molecule has 0 amide bonds. The number of benzene rings is 2. The first-order valence-corrected chi connectivity index (χ1v) is 8.46. The third kappa shape index (κ3) is 3.06. The molecule has 0 atom stereocenters. The van der Waals surface area contributed by atoms with Crippen LogP contribution >= 0.6 is 11.3 Å². The lowest BCUT2D eigenvalue weighted by atomic mass is 10.2. The molecule has 2 aromatic carbocycles. The van der Waals surface area contributed by atoms with Gasteiger partial charge in [-0.1, -0.05) is 0 Å². The lowest BCUT2D eigenvalue weighted by Crippen LogP contribution is -2.11. The van der Waals surface area contributed by atoms with Gasteiger partial charge in [0.2, 0.25) is 11.6 Å². The van der Waals surface area contributed by atoms with Crippen molar-refractivity contribution in [2.75, 3.05) is 13.8 Å². The lowest BCUT2D eigenvalue weighted by molar-refractivity contribution is 0.174. The normalized spacial score (nSPS) is 13.8. The average molecular weight is 355 g/mol. The van der Waals surface area contributed by atoms with Gasteiger partial charge in [0.25, 0.3) is 0 Å². The molecule has 1 aromatic heterocycles. The second-order valence-corrected chi connectivity index (χ2v) is 6.14. The van der Waals surface area contributed by atoms with E-state index in [1.165, 1.54) is 23.5 Å². The maximum absolute atomic E-state index is 13.2. The molecule has 7 heteroatoms. The first kappa shape index (κ1) is 15.6. The molecule has 0 saturated carbocycles. The third-order valence-corrected chi connectivity index (χ3v) is 4.64. The summed E-state index contributed by atoms with van der Waals surface area (Å²) >= 11 is 1.47. The van der Waals surface area contributed by atoms with Gasteiger partial charge >= 0.3 is 0 Å². The van der Waals surface area contributed by atoms with Crippen molar-refractivity contribution < 1.29 is 13.9 Å². The Morgan fingerprint density at radius 2 is 1.92 bits per heavy atom. The molecule has 4 rings (SSSR count). The number of rotatable bonds is 3. The Balaban J connectivity index is 1.72. The average Bonchev–Trinajstić information content (AvgIpc) is 3.26. The third-order valence-electron chi connectivity index (χ3n) is 3.74. The van der Waals surface area contributed by atoms with Gasteiger partial charge in [0, 0.05) is 18.0 Å². The predicted octanol–water partition coefficient (Wildman–Crippen LogP) is 3.50. The second-order valence-electron chi connectivity index (χ2n) is 5.30. The van der Waals surface area contributed by atoms with E-state index in [1.807, 2.05) is 23.6 Å². The summed E-state index contributed by atoms with van der Waals surface area (Å²) in [5.41, 5.74) is 2.60. The highest BCUT2D eigenvalue weighted by molar-refractivity contribution is 7.07. The number of nitrogens with zero attached hydrogens (tertiary/aromatic N) is 3. The van der Waals surface area contributed by atoms with Gasteiger partial charge in [-0.05, 0) is 48.0 Å². The summed E-state index contributed by atoms with van der Waals surface area (Å²) in [5, 5.41) is 6.50. The predicted molar refractivity (Wildman–Crippen MR) is 94.7 cm³/mol. The van der Waals surface area contributed by atoms with E-state index in [4.69, 9.17) is 9.47 Å². The maximum atomic E-state index is 13.2. The molecule has 1 aliphatic heterocycles. The maximum Gasteiger partial charge on any atom is 0.231 e. The largest absolute Gasteiger partial charge is 0.454 e. The highest BCUT2D eigenvalue weighted by Crippen LogP contribution is 2.32. The number of ether oxygens (including phenoxy) is 2. The van der Waals surface area contributed by atoms with Crippen LogP contribution in [0.15, 0.2) is 57.9 Å². The number of hydrogen-bond acceptors (Lipinski definition) is 5. The molecule has 0 unspecified atom stereocenters. The molecule has 25 heavy (non-hydrogen) atoms. The fourth-order valence-electron chi connectivity index (χ4n) is 2.50. The Morgan fingerprint density at radius 3 is 2.72 bits per heavy atom. The summed E-state index contributed by atoms with van der Waals surface area (Å²) < 4.78 is 25.6. The van der Waals surface area contributed by atoms with Gasteiger partial charge in [-0.25, -0.2) is 9.07 Å². The minimum atomic E-state index is -0.269. The van der Waals surface area contributed by atoms with Crippen LogP contribution in [-0.2, 0) is 0 Å². The Morgan fingerprint density at radius 1 is 1.12 bits per heavy atom. The van der Waals surface area contributed by atoms with Crippen molar-refractivity contribution in [1.29, 1.82) is 0 Å². The minimum absolute atomic E-state index is 0.239. The van der Waals surface area contributed by atoms with Crippen LogP contribution in [0.5, 0.6) is 11.5 Å². The second kappa shape index (κ2) is 6.52. The van der Waals surface area contributed by atoms with Crippen molar-refractivity contribution >= 4 is 17.6 Å². The minimum Gasteiger partial charge on any atom is -0.454 e. The zero-order valence-electron chi connectivity index (χ0n) is 13.3. The molecule has 5 nitrogen and oxygen atoms in total. The van der Waals surface area contributed by atoms with Crippen molar-refractivity contribution in [3.8, 4) is 22.8 Å². The van der Waals surface area contributed by atoms with Crippen LogP contribution in [0, 0.1) is 5.82 Å². The standard InChI is InChI=1S/C18H14FN3O2S/c1-20-18-22(15(10-25-18)13-3-5-14(19)6-4-13)21-9-12-2-7-16-17(8-12)24-11-23-16/h2-10H,11H2,1H3/b20-18?,21-9-. The zero-order chi connectivity index (χ0) is 17.2. The molecule has 0 spiro atoms. The van der Waals surface area contributed by atoms with Crippen LogP contribution in [-0.4, -0.2) is 24.7 Å².